The molecule has 3 heteroatoms. The highest BCUT2D eigenvalue weighted by Gasteiger charge is 2.22. The summed E-state index contributed by atoms with van der Waals surface area (Å²) in [5.41, 5.74) is 1.46. The second-order valence-electron chi connectivity index (χ2n) is 6.16. The van der Waals surface area contributed by atoms with Gasteiger partial charge in [0.2, 0.25) is 0 Å². The number of rotatable bonds is 7. The Bertz CT molecular complexity index is 398. The normalized spacial score (nSPS) is 18.1. The Morgan fingerprint density at radius 1 is 1.19 bits per heavy atom. The second-order valence-corrected chi connectivity index (χ2v) is 7.08. The van der Waals surface area contributed by atoms with E-state index in [0.29, 0.717) is 6.04 Å². The fourth-order valence-electron chi connectivity index (χ4n) is 3.45. The molecule has 118 valence electrons. The minimum absolute atomic E-state index is 0.563. The molecule has 2 nitrogen and oxygen atoms in total. The van der Waals surface area contributed by atoms with E-state index in [4.69, 9.17) is 0 Å². The number of nitrogens with one attached hydrogen (secondary N) is 1. The van der Waals surface area contributed by atoms with Crippen molar-refractivity contribution in [3.8, 4) is 0 Å². The van der Waals surface area contributed by atoms with Crippen molar-refractivity contribution in [2.75, 3.05) is 26.2 Å². The van der Waals surface area contributed by atoms with Crippen LogP contribution in [0.1, 0.15) is 51.1 Å². The Morgan fingerprint density at radius 2 is 1.86 bits per heavy atom. The van der Waals surface area contributed by atoms with Crippen molar-refractivity contribution in [2.24, 2.45) is 5.92 Å². The van der Waals surface area contributed by atoms with Gasteiger partial charge in [-0.2, -0.15) is 0 Å². The van der Waals surface area contributed by atoms with Crippen LogP contribution < -0.4 is 5.32 Å². The lowest BCUT2D eigenvalue weighted by atomic mass is 9.95. The molecule has 0 bridgehead atoms. The molecule has 1 unspecified atom stereocenters. The maximum atomic E-state index is 3.54. The van der Waals surface area contributed by atoms with Crippen LogP contribution >= 0.6 is 15.9 Å². The van der Waals surface area contributed by atoms with Crippen LogP contribution in [0.2, 0.25) is 0 Å². The number of piperidine rings is 1. The van der Waals surface area contributed by atoms with Crippen molar-refractivity contribution in [1.29, 1.82) is 0 Å². The maximum absolute atomic E-state index is 3.54. The molecule has 1 N–H and O–H groups in total. The zero-order valence-corrected chi connectivity index (χ0v) is 15.0. The zero-order chi connectivity index (χ0) is 15.1. The van der Waals surface area contributed by atoms with Crippen molar-refractivity contribution >= 4 is 15.9 Å². The topological polar surface area (TPSA) is 15.3 Å². The van der Waals surface area contributed by atoms with Crippen LogP contribution in [-0.2, 0) is 0 Å². The molecule has 0 aliphatic carbocycles. The average Bonchev–Trinajstić information content (AvgIpc) is 2.51. The summed E-state index contributed by atoms with van der Waals surface area (Å²) >= 11 is 3.54. The predicted octanol–water partition coefficient (Wildman–Crippen LogP) is 4.61. The SMILES string of the molecule is CCCN(CC1CCNCC1)C(CC)c1ccc(Br)cc1. The van der Waals surface area contributed by atoms with Crippen molar-refractivity contribution in [2.45, 2.75) is 45.6 Å². The van der Waals surface area contributed by atoms with Gasteiger partial charge in [-0.1, -0.05) is 41.9 Å². The molecule has 1 aromatic rings. The standard InChI is InChI=1S/C18H29BrN2/c1-3-13-21(14-15-9-11-20-12-10-15)18(4-2)16-5-7-17(19)8-6-16/h5-8,15,18,20H,3-4,9-14H2,1-2H3. The van der Waals surface area contributed by atoms with Crippen molar-refractivity contribution < 1.29 is 0 Å². The predicted molar refractivity (Wildman–Crippen MR) is 94.6 cm³/mol. The van der Waals surface area contributed by atoms with Gasteiger partial charge >= 0.3 is 0 Å². The third kappa shape index (κ3) is 5.08. The second kappa shape index (κ2) is 8.92. The van der Waals surface area contributed by atoms with Crippen LogP contribution in [0.25, 0.3) is 0 Å². The van der Waals surface area contributed by atoms with Gasteiger partial charge in [-0.25, -0.2) is 0 Å². The highest BCUT2D eigenvalue weighted by molar-refractivity contribution is 9.10. The first kappa shape index (κ1) is 17.0. The largest absolute Gasteiger partial charge is 0.317 e. The average molecular weight is 353 g/mol. The summed E-state index contributed by atoms with van der Waals surface area (Å²) in [6.45, 7) is 9.46. The smallest absolute Gasteiger partial charge is 0.0345 e. The van der Waals surface area contributed by atoms with E-state index in [2.05, 4.69) is 64.3 Å². The first-order chi connectivity index (χ1) is 10.2. The lowest BCUT2D eigenvalue weighted by molar-refractivity contribution is 0.148. The van der Waals surface area contributed by atoms with E-state index in [0.717, 1.165) is 5.92 Å². The molecule has 1 aromatic carbocycles. The molecule has 1 aliphatic rings. The van der Waals surface area contributed by atoms with Crippen molar-refractivity contribution in [3.63, 3.8) is 0 Å². The fourth-order valence-corrected chi connectivity index (χ4v) is 3.71. The Morgan fingerprint density at radius 3 is 2.43 bits per heavy atom. The molecule has 0 aromatic heterocycles. The van der Waals surface area contributed by atoms with Crippen LogP contribution in [0.3, 0.4) is 0 Å². The van der Waals surface area contributed by atoms with Crippen LogP contribution in [0.5, 0.6) is 0 Å². The minimum atomic E-state index is 0.563. The van der Waals surface area contributed by atoms with Gasteiger partial charge in [0, 0.05) is 17.1 Å². The van der Waals surface area contributed by atoms with Crippen molar-refractivity contribution in [1.82, 2.24) is 10.2 Å². The van der Waals surface area contributed by atoms with Gasteiger partial charge in [-0.15, -0.1) is 0 Å². The Hall–Kier alpha value is -0.380. The van der Waals surface area contributed by atoms with Crippen molar-refractivity contribution in [3.05, 3.63) is 34.3 Å². The Kier molecular flexibility index (Phi) is 7.21. The van der Waals surface area contributed by atoms with E-state index in [1.54, 1.807) is 0 Å². The van der Waals surface area contributed by atoms with Crippen LogP contribution in [0.4, 0.5) is 0 Å². The number of benzene rings is 1. The van der Waals surface area contributed by atoms with E-state index in [9.17, 15) is 0 Å². The number of nitrogens with zero attached hydrogens (tertiary/aromatic N) is 1. The van der Waals surface area contributed by atoms with Crippen LogP contribution in [0.15, 0.2) is 28.7 Å². The summed E-state index contributed by atoms with van der Waals surface area (Å²) < 4.78 is 1.17. The molecule has 1 fully saturated rings. The summed E-state index contributed by atoms with van der Waals surface area (Å²) in [6.07, 6.45) is 5.08. The molecular weight excluding hydrogens is 324 g/mol. The summed E-state index contributed by atoms with van der Waals surface area (Å²) in [5.74, 6) is 0.863. The van der Waals surface area contributed by atoms with Gasteiger partial charge in [0.05, 0.1) is 0 Å². The van der Waals surface area contributed by atoms with E-state index in [1.165, 1.54) is 61.9 Å². The van der Waals surface area contributed by atoms with Gasteiger partial charge < -0.3 is 5.32 Å². The molecule has 21 heavy (non-hydrogen) atoms. The molecule has 1 heterocycles. The van der Waals surface area contributed by atoms with E-state index in [1.807, 2.05) is 0 Å². The number of hydrogen-bond donors (Lipinski definition) is 1. The van der Waals surface area contributed by atoms with Crippen LogP contribution in [0, 0.1) is 5.92 Å². The van der Waals surface area contributed by atoms with Crippen LogP contribution in [-0.4, -0.2) is 31.1 Å². The van der Waals surface area contributed by atoms with E-state index in [-0.39, 0.29) is 0 Å². The molecule has 0 saturated carbocycles. The zero-order valence-electron chi connectivity index (χ0n) is 13.4. The molecule has 0 amide bonds. The molecular formula is C18H29BrN2. The van der Waals surface area contributed by atoms with E-state index >= 15 is 0 Å². The molecule has 0 radical (unpaired) electrons. The monoisotopic (exact) mass is 352 g/mol. The Balaban J connectivity index is 2.07. The summed E-state index contributed by atoms with van der Waals surface area (Å²) in [4.78, 5) is 2.72. The van der Waals surface area contributed by atoms with Gasteiger partial charge in [0.15, 0.2) is 0 Å². The first-order valence-corrected chi connectivity index (χ1v) is 9.24. The van der Waals surface area contributed by atoms with Gasteiger partial charge in [-0.3, -0.25) is 4.90 Å². The first-order valence-electron chi connectivity index (χ1n) is 8.44. The molecule has 2 rings (SSSR count). The summed E-state index contributed by atoms with van der Waals surface area (Å²) in [5, 5.41) is 3.48. The third-order valence-corrected chi connectivity index (χ3v) is 5.07. The fraction of sp³-hybridized carbons (Fsp3) is 0.667. The minimum Gasteiger partial charge on any atom is -0.317 e. The summed E-state index contributed by atoms with van der Waals surface area (Å²) in [7, 11) is 0. The molecule has 1 aliphatic heterocycles. The highest BCUT2D eigenvalue weighted by atomic mass is 79.9. The molecule has 0 spiro atoms. The molecule has 1 atom stereocenters. The molecule has 1 saturated heterocycles. The quantitative estimate of drug-likeness (QED) is 0.770. The number of hydrogen-bond acceptors (Lipinski definition) is 2. The summed E-state index contributed by atoms with van der Waals surface area (Å²) in [6, 6.07) is 9.47. The number of halogens is 1. The third-order valence-electron chi connectivity index (χ3n) is 4.54. The Labute approximate surface area is 138 Å². The lowest BCUT2D eigenvalue weighted by Gasteiger charge is -2.35. The van der Waals surface area contributed by atoms with Gasteiger partial charge in [0.1, 0.15) is 0 Å². The van der Waals surface area contributed by atoms with E-state index < -0.39 is 0 Å². The lowest BCUT2D eigenvalue weighted by Crippen LogP contribution is -2.38. The highest BCUT2D eigenvalue weighted by Crippen LogP contribution is 2.28. The van der Waals surface area contributed by atoms with Gasteiger partial charge in [-0.05, 0) is 68.9 Å². The maximum Gasteiger partial charge on any atom is 0.0345 e. The van der Waals surface area contributed by atoms with Gasteiger partial charge in [0.25, 0.3) is 0 Å².